The first kappa shape index (κ1) is 10.4. The summed E-state index contributed by atoms with van der Waals surface area (Å²) in [7, 11) is 0. The number of nitrogen functional groups attached to an aromatic ring is 1. The SMILES string of the molecule is Nc1nc2ccc(-c3ccc(C(=O)O)o3)cc2[nH]1. The van der Waals surface area contributed by atoms with Crippen LogP contribution in [-0.4, -0.2) is 21.0 Å². The van der Waals surface area contributed by atoms with E-state index in [1.54, 1.807) is 18.2 Å². The molecule has 0 radical (unpaired) electrons. The number of H-pyrrole nitrogens is 1. The van der Waals surface area contributed by atoms with Crippen molar-refractivity contribution in [2.45, 2.75) is 0 Å². The van der Waals surface area contributed by atoms with Crippen molar-refractivity contribution in [1.29, 1.82) is 0 Å². The van der Waals surface area contributed by atoms with E-state index in [-0.39, 0.29) is 5.76 Å². The van der Waals surface area contributed by atoms with Gasteiger partial charge in [0, 0.05) is 5.56 Å². The molecule has 2 aromatic heterocycles. The first-order valence-corrected chi connectivity index (χ1v) is 5.22. The summed E-state index contributed by atoms with van der Waals surface area (Å²) in [6.07, 6.45) is 0. The number of nitrogens with two attached hydrogens (primary N) is 1. The van der Waals surface area contributed by atoms with Crippen molar-refractivity contribution in [3.63, 3.8) is 0 Å². The first-order chi connectivity index (χ1) is 8.63. The number of aromatic amines is 1. The van der Waals surface area contributed by atoms with E-state index in [1.807, 2.05) is 6.07 Å². The average Bonchev–Trinajstić information content (AvgIpc) is 2.91. The summed E-state index contributed by atoms with van der Waals surface area (Å²) in [6.45, 7) is 0. The van der Waals surface area contributed by atoms with Crippen LogP contribution in [0.4, 0.5) is 5.95 Å². The Morgan fingerprint density at radius 2 is 2.17 bits per heavy atom. The van der Waals surface area contributed by atoms with Gasteiger partial charge in [-0.15, -0.1) is 0 Å². The van der Waals surface area contributed by atoms with E-state index >= 15 is 0 Å². The van der Waals surface area contributed by atoms with Crippen LogP contribution in [0.1, 0.15) is 10.6 Å². The molecule has 0 fully saturated rings. The lowest BCUT2D eigenvalue weighted by Gasteiger charge is -1.96. The Hall–Kier alpha value is -2.76. The number of aromatic carboxylic acids is 1. The van der Waals surface area contributed by atoms with Crippen molar-refractivity contribution in [1.82, 2.24) is 9.97 Å². The largest absolute Gasteiger partial charge is 0.475 e. The number of anilines is 1. The molecule has 0 amide bonds. The molecule has 6 nitrogen and oxygen atoms in total. The van der Waals surface area contributed by atoms with Gasteiger partial charge in [0.05, 0.1) is 11.0 Å². The van der Waals surface area contributed by atoms with Gasteiger partial charge in [0.2, 0.25) is 5.76 Å². The van der Waals surface area contributed by atoms with Crippen molar-refractivity contribution in [3.8, 4) is 11.3 Å². The summed E-state index contributed by atoms with van der Waals surface area (Å²) < 4.78 is 5.22. The van der Waals surface area contributed by atoms with Crippen molar-refractivity contribution in [2.75, 3.05) is 5.73 Å². The maximum Gasteiger partial charge on any atom is 0.371 e. The number of nitrogens with zero attached hydrogens (tertiary/aromatic N) is 1. The quantitative estimate of drug-likeness (QED) is 0.639. The number of carboxylic acids is 1. The molecule has 6 heteroatoms. The predicted molar refractivity (Wildman–Crippen MR) is 65.2 cm³/mol. The van der Waals surface area contributed by atoms with Gasteiger partial charge in [-0.25, -0.2) is 9.78 Å². The number of rotatable bonds is 2. The van der Waals surface area contributed by atoms with Crippen LogP contribution < -0.4 is 5.73 Å². The van der Waals surface area contributed by atoms with Crippen LogP contribution in [0.2, 0.25) is 0 Å². The summed E-state index contributed by atoms with van der Waals surface area (Å²) in [5.41, 5.74) is 7.85. The van der Waals surface area contributed by atoms with Crippen LogP contribution in [-0.2, 0) is 0 Å². The number of carboxylic acid groups (broad SMARTS) is 1. The lowest BCUT2D eigenvalue weighted by Crippen LogP contribution is -1.91. The first-order valence-electron chi connectivity index (χ1n) is 5.22. The third-order valence-electron chi connectivity index (χ3n) is 2.60. The van der Waals surface area contributed by atoms with E-state index in [0.29, 0.717) is 11.7 Å². The van der Waals surface area contributed by atoms with E-state index in [4.69, 9.17) is 15.3 Å². The van der Waals surface area contributed by atoms with Crippen LogP contribution in [0.15, 0.2) is 34.7 Å². The third-order valence-corrected chi connectivity index (χ3v) is 2.60. The Labute approximate surface area is 101 Å². The van der Waals surface area contributed by atoms with Crippen LogP contribution in [0.5, 0.6) is 0 Å². The zero-order valence-corrected chi connectivity index (χ0v) is 9.18. The van der Waals surface area contributed by atoms with Crippen LogP contribution in [0.3, 0.4) is 0 Å². The molecule has 90 valence electrons. The molecule has 3 rings (SSSR count). The molecule has 0 spiro atoms. The number of nitrogens with one attached hydrogen (secondary N) is 1. The van der Waals surface area contributed by atoms with Gasteiger partial charge in [0.1, 0.15) is 5.76 Å². The van der Waals surface area contributed by atoms with Crippen molar-refractivity contribution in [2.24, 2.45) is 0 Å². The van der Waals surface area contributed by atoms with E-state index in [1.165, 1.54) is 6.07 Å². The fourth-order valence-corrected chi connectivity index (χ4v) is 1.79. The van der Waals surface area contributed by atoms with Crippen LogP contribution in [0, 0.1) is 0 Å². The zero-order chi connectivity index (χ0) is 12.7. The number of hydrogen-bond donors (Lipinski definition) is 3. The molecule has 0 bridgehead atoms. The highest BCUT2D eigenvalue weighted by atomic mass is 16.4. The molecule has 2 heterocycles. The minimum absolute atomic E-state index is 0.0887. The molecule has 4 N–H and O–H groups in total. The molecule has 0 atom stereocenters. The average molecular weight is 243 g/mol. The molecule has 0 aliphatic carbocycles. The number of furan rings is 1. The van der Waals surface area contributed by atoms with Crippen molar-refractivity contribution in [3.05, 3.63) is 36.1 Å². The van der Waals surface area contributed by atoms with Gasteiger partial charge < -0.3 is 20.2 Å². The molecule has 0 aliphatic rings. The number of fused-ring (bicyclic) bond motifs is 1. The maximum absolute atomic E-state index is 10.7. The summed E-state index contributed by atoms with van der Waals surface area (Å²) in [5.74, 6) is -0.349. The molecule has 0 unspecified atom stereocenters. The Morgan fingerprint density at radius 1 is 1.33 bits per heavy atom. The lowest BCUT2D eigenvalue weighted by molar-refractivity contribution is 0.0663. The van der Waals surface area contributed by atoms with Gasteiger partial charge in [-0.2, -0.15) is 0 Å². The Kier molecular flexibility index (Phi) is 2.09. The normalized spacial score (nSPS) is 10.9. The molecule has 0 saturated heterocycles. The monoisotopic (exact) mass is 243 g/mol. The summed E-state index contributed by atoms with van der Waals surface area (Å²) in [6, 6.07) is 8.43. The molecule has 0 saturated carbocycles. The standard InChI is InChI=1S/C12H9N3O3/c13-12-14-7-2-1-6(5-8(7)15-12)9-3-4-10(18-9)11(16)17/h1-5H,(H,16,17)(H3,13,14,15). The fourth-order valence-electron chi connectivity index (χ4n) is 1.79. The third kappa shape index (κ3) is 1.60. The van der Waals surface area contributed by atoms with Crippen molar-refractivity contribution < 1.29 is 14.3 Å². The highest BCUT2D eigenvalue weighted by molar-refractivity contribution is 5.86. The van der Waals surface area contributed by atoms with E-state index in [0.717, 1.165) is 16.6 Å². The highest BCUT2D eigenvalue weighted by Gasteiger charge is 2.11. The second-order valence-electron chi connectivity index (χ2n) is 3.82. The van der Waals surface area contributed by atoms with E-state index in [9.17, 15) is 4.79 Å². The smallest absolute Gasteiger partial charge is 0.371 e. The minimum atomic E-state index is -1.09. The van der Waals surface area contributed by atoms with Crippen LogP contribution >= 0.6 is 0 Å². The fraction of sp³-hybridized carbons (Fsp3) is 0. The molecule has 1 aromatic carbocycles. The Morgan fingerprint density at radius 3 is 2.89 bits per heavy atom. The Balaban J connectivity index is 2.09. The lowest BCUT2D eigenvalue weighted by atomic mass is 10.1. The molecular formula is C12H9N3O3. The molecule has 3 aromatic rings. The number of benzene rings is 1. The highest BCUT2D eigenvalue weighted by Crippen LogP contribution is 2.25. The van der Waals surface area contributed by atoms with E-state index < -0.39 is 5.97 Å². The number of hydrogen-bond acceptors (Lipinski definition) is 4. The zero-order valence-electron chi connectivity index (χ0n) is 9.18. The minimum Gasteiger partial charge on any atom is -0.475 e. The molecular weight excluding hydrogens is 234 g/mol. The Bertz CT molecular complexity index is 742. The second kappa shape index (κ2) is 3.63. The maximum atomic E-state index is 10.7. The van der Waals surface area contributed by atoms with Crippen LogP contribution in [0.25, 0.3) is 22.4 Å². The number of aromatic nitrogens is 2. The van der Waals surface area contributed by atoms with Gasteiger partial charge in [-0.1, -0.05) is 0 Å². The molecule has 18 heavy (non-hydrogen) atoms. The van der Waals surface area contributed by atoms with Gasteiger partial charge in [-0.3, -0.25) is 0 Å². The van der Waals surface area contributed by atoms with Crippen molar-refractivity contribution >= 4 is 23.0 Å². The number of carbonyl (C=O) groups is 1. The van der Waals surface area contributed by atoms with Gasteiger partial charge in [0.15, 0.2) is 5.95 Å². The number of imidazole rings is 1. The summed E-state index contributed by atoms with van der Waals surface area (Å²) >= 11 is 0. The van der Waals surface area contributed by atoms with Gasteiger partial charge in [0.25, 0.3) is 0 Å². The van der Waals surface area contributed by atoms with Gasteiger partial charge in [-0.05, 0) is 30.3 Å². The topological polar surface area (TPSA) is 105 Å². The molecule has 0 aliphatic heterocycles. The summed E-state index contributed by atoms with van der Waals surface area (Å²) in [5, 5.41) is 8.79. The summed E-state index contributed by atoms with van der Waals surface area (Å²) in [4.78, 5) is 17.7. The predicted octanol–water partition coefficient (Wildman–Crippen LogP) is 2.10. The second-order valence-corrected chi connectivity index (χ2v) is 3.82. The van der Waals surface area contributed by atoms with Gasteiger partial charge >= 0.3 is 5.97 Å². The van der Waals surface area contributed by atoms with E-state index in [2.05, 4.69) is 9.97 Å².